The van der Waals surface area contributed by atoms with Crippen LogP contribution >= 0.6 is 0 Å². The van der Waals surface area contributed by atoms with Crippen molar-refractivity contribution in [1.82, 2.24) is 5.32 Å². The summed E-state index contributed by atoms with van der Waals surface area (Å²) >= 11 is 0. The lowest BCUT2D eigenvalue weighted by Crippen LogP contribution is -2.34. The Morgan fingerprint density at radius 1 is 1.12 bits per heavy atom. The summed E-state index contributed by atoms with van der Waals surface area (Å²) in [5.41, 5.74) is 0.805. The van der Waals surface area contributed by atoms with E-state index in [1.165, 1.54) is 12.1 Å². The minimum atomic E-state index is -0.959. The van der Waals surface area contributed by atoms with Crippen molar-refractivity contribution in [3.63, 3.8) is 0 Å². The second-order valence-electron chi connectivity index (χ2n) is 6.00. The molecule has 25 heavy (non-hydrogen) atoms. The van der Waals surface area contributed by atoms with Crippen LogP contribution in [-0.2, 0) is 9.59 Å². The number of hydrogen-bond acceptors (Lipinski definition) is 3. The van der Waals surface area contributed by atoms with Crippen LogP contribution in [0.15, 0.2) is 54.6 Å². The number of benzene rings is 2. The van der Waals surface area contributed by atoms with Gasteiger partial charge in [-0.05, 0) is 24.1 Å². The molecule has 0 bridgehead atoms. The van der Waals surface area contributed by atoms with Gasteiger partial charge >= 0.3 is 5.97 Å². The number of ether oxygens (including phenoxy) is 1. The largest absolute Gasteiger partial charge is 0.488 e. The maximum Gasteiger partial charge on any atom is 0.307 e. The SMILES string of the molecule is O=C(O)C1CC1C(=O)NC(COc1ccccc1F)c1ccccc1. The van der Waals surface area contributed by atoms with Crippen LogP contribution < -0.4 is 10.1 Å². The number of amides is 1. The highest BCUT2D eigenvalue weighted by Gasteiger charge is 2.48. The predicted molar refractivity (Wildman–Crippen MR) is 88.5 cm³/mol. The standard InChI is InChI=1S/C19H18FNO4/c20-15-8-4-5-9-17(15)25-11-16(12-6-2-1-3-7-12)21-18(22)13-10-14(13)19(23)24/h1-9,13-14,16H,10-11H2,(H,21,22)(H,23,24). The number of nitrogens with one attached hydrogen (secondary N) is 1. The fourth-order valence-corrected chi connectivity index (χ4v) is 2.68. The molecule has 2 aromatic carbocycles. The third kappa shape index (κ3) is 4.15. The summed E-state index contributed by atoms with van der Waals surface area (Å²) in [4.78, 5) is 23.2. The van der Waals surface area contributed by atoms with Gasteiger partial charge in [-0.1, -0.05) is 42.5 Å². The average Bonchev–Trinajstić information content (AvgIpc) is 3.41. The van der Waals surface area contributed by atoms with Crippen molar-refractivity contribution in [1.29, 1.82) is 0 Å². The zero-order chi connectivity index (χ0) is 17.8. The first-order valence-electron chi connectivity index (χ1n) is 8.01. The van der Waals surface area contributed by atoms with Crippen molar-refractivity contribution < 1.29 is 23.8 Å². The van der Waals surface area contributed by atoms with Crippen molar-refractivity contribution in [2.24, 2.45) is 11.8 Å². The third-order valence-corrected chi connectivity index (χ3v) is 4.20. The van der Waals surface area contributed by atoms with Crippen molar-refractivity contribution in [3.8, 4) is 5.75 Å². The number of carbonyl (C=O) groups is 2. The van der Waals surface area contributed by atoms with E-state index in [4.69, 9.17) is 9.84 Å². The maximum absolute atomic E-state index is 13.7. The first-order valence-corrected chi connectivity index (χ1v) is 8.01. The fraction of sp³-hybridized carbons (Fsp3) is 0.263. The third-order valence-electron chi connectivity index (χ3n) is 4.20. The average molecular weight is 343 g/mol. The van der Waals surface area contributed by atoms with E-state index in [0.717, 1.165) is 5.56 Å². The summed E-state index contributed by atoms with van der Waals surface area (Å²) in [5, 5.41) is 11.8. The van der Waals surface area contributed by atoms with Crippen LogP contribution in [0.2, 0.25) is 0 Å². The molecule has 3 unspecified atom stereocenters. The maximum atomic E-state index is 13.7. The number of rotatable bonds is 7. The molecule has 6 heteroatoms. The van der Waals surface area contributed by atoms with Gasteiger partial charge in [-0.15, -0.1) is 0 Å². The number of hydrogen-bond donors (Lipinski definition) is 2. The zero-order valence-corrected chi connectivity index (χ0v) is 13.4. The van der Waals surface area contributed by atoms with Crippen LogP contribution in [0.1, 0.15) is 18.0 Å². The van der Waals surface area contributed by atoms with Crippen LogP contribution in [0, 0.1) is 17.7 Å². The lowest BCUT2D eigenvalue weighted by atomic mass is 10.1. The second kappa shape index (κ2) is 7.34. The Labute approximate surface area is 144 Å². The summed E-state index contributed by atoms with van der Waals surface area (Å²) in [6.07, 6.45) is 0.344. The Hall–Kier alpha value is -2.89. The molecule has 0 aromatic heterocycles. The van der Waals surface area contributed by atoms with Crippen LogP contribution in [0.25, 0.3) is 0 Å². The molecule has 0 saturated heterocycles. The summed E-state index contributed by atoms with van der Waals surface area (Å²) in [6.45, 7) is 0.0428. The molecule has 3 atom stereocenters. The highest BCUT2D eigenvalue weighted by Crippen LogP contribution is 2.39. The number of para-hydroxylation sites is 1. The molecule has 0 spiro atoms. The van der Waals surface area contributed by atoms with Crippen LogP contribution in [0.5, 0.6) is 5.75 Å². The first-order chi connectivity index (χ1) is 12.1. The van der Waals surface area contributed by atoms with Crippen LogP contribution in [0.4, 0.5) is 4.39 Å². The summed E-state index contributed by atoms with van der Waals surface area (Å²) in [6, 6.07) is 14.7. The monoisotopic (exact) mass is 343 g/mol. The number of aliphatic carboxylic acids is 1. The van der Waals surface area contributed by atoms with E-state index < -0.39 is 29.7 Å². The molecule has 2 aromatic rings. The number of carbonyl (C=O) groups excluding carboxylic acids is 1. The molecule has 0 heterocycles. The van der Waals surface area contributed by atoms with Crippen LogP contribution in [-0.4, -0.2) is 23.6 Å². The van der Waals surface area contributed by atoms with Crippen molar-refractivity contribution in [3.05, 3.63) is 66.0 Å². The quantitative estimate of drug-likeness (QED) is 0.811. The molecule has 1 saturated carbocycles. The van der Waals surface area contributed by atoms with E-state index in [1.807, 2.05) is 30.3 Å². The van der Waals surface area contributed by atoms with Crippen LogP contribution in [0.3, 0.4) is 0 Å². The highest BCUT2D eigenvalue weighted by molar-refractivity contribution is 5.89. The van der Waals surface area contributed by atoms with Gasteiger partial charge in [-0.2, -0.15) is 0 Å². The van der Waals surface area contributed by atoms with E-state index in [1.54, 1.807) is 12.1 Å². The predicted octanol–water partition coefficient (Wildman–Crippen LogP) is 2.78. The lowest BCUT2D eigenvalue weighted by molar-refractivity contribution is -0.140. The van der Waals surface area contributed by atoms with Gasteiger partial charge in [-0.3, -0.25) is 9.59 Å². The molecular weight excluding hydrogens is 325 g/mol. The Kier molecular flexibility index (Phi) is 4.97. The normalized spacial score (nSPS) is 19.7. The molecule has 0 aliphatic heterocycles. The number of carboxylic acid groups (broad SMARTS) is 1. The molecular formula is C19H18FNO4. The van der Waals surface area contributed by atoms with Crippen molar-refractivity contribution in [2.75, 3.05) is 6.61 Å². The summed E-state index contributed by atoms with van der Waals surface area (Å²) < 4.78 is 19.2. The Balaban J connectivity index is 1.69. The molecule has 0 radical (unpaired) electrons. The minimum Gasteiger partial charge on any atom is -0.488 e. The second-order valence-corrected chi connectivity index (χ2v) is 6.00. The lowest BCUT2D eigenvalue weighted by Gasteiger charge is -2.20. The molecule has 2 N–H and O–H groups in total. The van der Waals surface area contributed by atoms with E-state index in [0.29, 0.717) is 6.42 Å². The van der Waals surface area contributed by atoms with E-state index in [9.17, 15) is 14.0 Å². The zero-order valence-electron chi connectivity index (χ0n) is 13.4. The van der Waals surface area contributed by atoms with E-state index in [-0.39, 0.29) is 18.3 Å². The van der Waals surface area contributed by atoms with Gasteiger partial charge in [0.05, 0.1) is 17.9 Å². The van der Waals surface area contributed by atoms with Crippen molar-refractivity contribution >= 4 is 11.9 Å². The first kappa shape index (κ1) is 17.0. The Morgan fingerprint density at radius 3 is 2.44 bits per heavy atom. The van der Waals surface area contributed by atoms with Gasteiger partial charge < -0.3 is 15.2 Å². The smallest absolute Gasteiger partial charge is 0.307 e. The highest BCUT2D eigenvalue weighted by atomic mass is 19.1. The molecule has 1 fully saturated rings. The molecule has 5 nitrogen and oxygen atoms in total. The van der Waals surface area contributed by atoms with Gasteiger partial charge in [0.25, 0.3) is 0 Å². The van der Waals surface area contributed by atoms with E-state index in [2.05, 4.69) is 5.32 Å². The fourth-order valence-electron chi connectivity index (χ4n) is 2.68. The summed E-state index contributed by atoms with van der Waals surface area (Å²) in [5.74, 6) is -2.79. The Bertz CT molecular complexity index is 765. The van der Waals surface area contributed by atoms with Gasteiger partial charge in [0.1, 0.15) is 6.61 Å². The number of halogens is 1. The molecule has 130 valence electrons. The van der Waals surface area contributed by atoms with E-state index >= 15 is 0 Å². The molecule has 1 amide bonds. The van der Waals surface area contributed by atoms with Crippen molar-refractivity contribution in [2.45, 2.75) is 12.5 Å². The van der Waals surface area contributed by atoms with Gasteiger partial charge in [0.2, 0.25) is 5.91 Å². The van der Waals surface area contributed by atoms with Gasteiger partial charge in [0.15, 0.2) is 11.6 Å². The summed E-state index contributed by atoms with van der Waals surface area (Å²) in [7, 11) is 0. The topological polar surface area (TPSA) is 75.6 Å². The molecule has 1 aliphatic carbocycles. The molecule has 3 rings (SSSR count). The minimum absolute atomic E-state index is 0.0428. The molecule has 1 aliphatic rings. The van der Waals surface area contributed by atoms with Gasteiger partial charge in [0, 0.05) is 0 Å². The van der Waals surface area contributed by atoms with Gasteiger partial charge in [-0.25, -0.2) is 4.39 Å². The number of carboxylic acids is 1. The Morgan fingerprint density at radius 2 is 1.80 bits per heavy atom.